The molecule has 0 unspecified atom stereocenters. The van der Waals surface area contributed by atoms with Gasteiger partial charge in [-0.15, -0.1) is 0 Å². The highest BCUT2D eigenvalue weighted by atomic mass is 15.0. The summed E-state index contributed by atoms with van der Waals surface area (Å²) in [5, 5.41) is 0. The lowest BCUT2D eigenvalue weighted by atomic mass is 9.91. The molecule has 0 aromatic carbocycles. The molecule has 0 spiro atoms. The van der Waals surface area contributed by atoms with Crippen LogP contribution < -0.4 is 0 Å². The quantitative estimate of drug-likeness (QED) is 0.636. The van der Waals surface area contributed by atoms with E-state index in [1.165, 1.54) is 5.69 Å². The molecular formula is C11H15N3. The second kappa shape index (κ2) is 2.80. The van der Waals surface area contributed by atoms with Crippen molar-refractivity contribution >= 4 is 5.65 Å². The molecule has 0 atom stereocenters. The van der Waals surface area contributed by atoms with Gasteiger partial charge in [0.2, 0.25) is 0 Å². The highest BCUT2D eigenvalue weighted by Crippen LogP contribution is 2.25. The predicted molar refractivity (Wildman–Crippen MR) is 56.4 cm³/mol. The summed E-state index contributed by atoms with van der Waals surface area (Å²) < 4.78 is 2.11. The minimum Gasteiger partial charge on any atom is -0.300 e. The van der Waals surface area contributed by atoms with Crippen LogP contribution in [0, 0.1) is 6.92 Å². The third-order valence-corrected chi connectivity index (χ3v) is 2.31. The van der Waals surface area contributed by atoms with Crippen molar-refractivity contribution in [2.75, 3.05) is 0 Å². The highest BCUT2D eigenvalue weighted by molar-refractivity contribution is 5.42. The Bertz CT molecular complexity index is 463. The van der Waals surface area contributed by atoms with Gasteiger partial charge < -0.3 is 4.40 Å². The predicted octanol–water partition coefficient (Wildman–Crippen LogP) is 2.34. The van der Waals surface area contributed by atoms with E-state index >= 15 is 0 Å². The van der Waals surface area contributed by atoms with Gasteiger partial charge in [-0.1, -0.05) is 20.8 Å². The van der Waals surface area contributed by atoms with Gasteiger partial charge in [-0.3, -0.25) is 4.98 Å². The molecule has 0 aliphatic carbocycles. The van der Waals surface area contributed by atoms with Gasteiger partial charge in [0.05, 0.1) is 17.6 Å². The fourth-order valence-electron chi connectivity index (χ4n) is 1.93. The smallest absolute Gasteiger partial charge is 0.155 e. The van der Waals surface area contributed by atoms with Crippen LogP contribution >= 0.6 is 0 Å². The van der Waals surface area contributed by atoms with E-state index in [1.807, 2.05) is 13.1 Å². The molecule has 0 N–H and O–H groups in total. The van der Waals surface area contributed by atoms with Gasteiger partial charge in [-0.2, -0.15) is 0 Å². The van der Waals surface area contributed by atoms with Crippen LogP contribution in [0.1, 0.15) is 32.2 Å². The lowest BCUT2D eigenvalue weighted by Gasteiger charge is -2.18. The van der Waals surface area contributed by atoms with Crippen LogP contribution in [0.3, 0.4) is 0 Å². The standard InChI is InChI=1S/C11H15N3/c1-8-10(11(2,3)4)14-6-5-12-7-9(14)13-8/h5-7H,1-4H3. The van der Waals surface area contributed by atoms with Crippen molar-refractivity contribution in [1.82, 2.24) is 14.4 Å². The zero-order chi connectivity index (χ0) is 10.3. The van der Waals surface area contributed by atoms with Gasteiger partial charge in [-0.25, -0.2) is 4.98 Å². The number of fused-ring (bicyclic) bond motifs is 1. The molecule has 0 amide bonds. The number of aromatic nitrogens is 3. The van der Waals surface area contributed by atoms with Crippen LogP contribution in [-0.2, 0) is 5.41 Å². The van der Waals surface area contributed by atoms with E-state index in [-0.39, 0.29) is 5.41 Å². The zero-order valence-corrected chi connectivity index (χ0v) is 9.07. The average molecular weight is 189 g/mol. The topological polar surface area (TPSA) is 30.2 Å². The van der Waals surface area contributed by atoms with Crippen molar-refractivity contribution in [1.29, 1.82) is 0 Å². The molecule has 2 heterocycles. The molecule has 0 aliphatic rings. The summed E-state index contributed by atoms with van der Waals surface area (Å²) in [5.41, 5.74) is 3.39. The van der Waals surface area contributed by atoms with Crippen LogP contribution in [0.5, 0.6) is 0 Å². The minimum atomic E-state index is 0.116. The van der Waals surface area contributed by atoms with Crippen LogP contribution in [0.15, 0.2) is 18.6 Å². The summed E-state index contributed by atoms with van der Waals surface area (Å²) in [6, 6.07) is 0. The van der Waals surface area contributed by atoms with E-state index < -0.39 is 0 Å². The Morgan fingerprint density at radius 2 is 2.00 bits per heavy atom. The van der Waals surface area contributed by atoms with E-state index in [1.54, 1.807) is 12.4 Å². The van der Waals surface area contributed by atoms with Crippen LogP contribution in [0.25, 0.3) is 5.65 Å². The summed E-state index contributed by atoms with van der Waals surface area (Å²) >= 11 is 0. The van der Waals surface area contributed by atoms with Crippen molar-refractivity contribution < 1.29 is 0 Å². The average Bonchev–Trinajstić information content (AvgIpc) is 2.38. The minimum absolute atomic E-state index is 0.116. The molecule has 0 fully saturated rings. The Labute approximate surface area is 83.8 Å². The van der Waals surface area contributed by atoms with E-state index in [0.717, 1.165) is 11.3 Å². The van der Waals surface area contributed by atoms with Crippen molar-refractivity contribution in [2.24, 2.45) is 0 Å². The third kappa shape index (κ3) is 1.29. The Hall–Kier alpha value is -1.38. The van der Waals surface area contributed by atoms with Gasteiger partial charge in [0, 0.05) is 17.8 Å². The molecule has 0 saturated carbocycles. The number of aryl methyl sites for hydroxylation is 1. The number of nitrogens with zero attached hydrogens (tertiary/aromatic N) is 3. The SMILES string of the molecule is Cc1nc2cnccn2c1C(C)(C)C. The molecule has 0 aliphatic heterocycles. The summed E-state index contributed by atoms with van der Waals surface area (Å²) in [4.78, 5) is 8.55. The number of rotatable bonds is 0. The Kier molecular flexibility index (Phi) is 1.84. The summed E-state index contributed by atoms with van der Waals surface area (Å²) in [6.07, 6.45) is 5.56. The van der Waals surface area contributed by atoms with Gasteiger partial charge in [0.1, 0.15) is 0 Å². The van der Waals surface area contributed by atoms with E-state index in [9.17, 15) is 0 Å². The Morgan fingerprint density at radius 3 is 2.64 bits per heavy atom. The fraction of sp³-hybridized carbons (Fsp3) is 0.455. The maximum atomic E-state index is 4.48. The fourth-order valence-corrected chi connectivity index (χ4v) is 1.93. The molecule has 2 aromatic heterocycles. The Morgan fingerprint density at radius 1 is 1.29 bits per heavy atom. The number of imidazole rings is 1. The first kappa shape index (κ1) is 9.19. The van der Waals surface area contributed by atoms with Gasteiger partial charge in [-0.05, 0) is 6.92 Å². The summed E-state index contributed by atoms with van der Waals surface area (Å²) in [6.45, 7) is 8.64. The van der Waals surface area contributed by atoms with Gasteiger partial charge in [0.25, 0.3) is 0 Å². The second-order valence-corrected chi connectivity index (χ2v) is 4.60. The van der Waals surface area contributed by atoms with Crippen LogP contribution in [0.2, 0.25) is 0 Å². The summed E-state index contributed by atoms with van der Waals surface area (Å²) in [7, 11) is 0. The highest BCUT2D eigenvalue weighted by Gasteiger charge is 2.21. The lowest BCUT2D eigenvalue weighted by Crippen LogP contribution is -2.15. The van der Waals surface area contributed by atoms with Crippen molar-refractivity contribution in [3.8, 4) is 0 Å². The molecule has 74 valence electrons. The molecule has 0 bridgehead atoms. The second-order valence-electron chi connectivity index (χ2n) is 4.60. The monoisotopic (exact) mass is 189 g/mol. The maximum absolute atomic E-state index is 4.48. The molecule has 2 rings (SSSR count). The molecule has 14 heavy (non-hydrogen) atoms. The maximum Gasteiger partial charge on any atom is 0.155 e. The van der Waals surface area contributed by atoms with E-state index in [4.69, 9.17) is 0 Å². The lowest BCUT2D eigenvalue weighted by molar-refractivity contribution is 0.559. The molecular weight excluding hydrogens is 174 g/mol. The van der Waals surface area contributed by atoms with Crippen molar-refractivity contribution in [3.63, 3.8) is 0 Å². The molecule has 3 heteroatoms. The van der Waals surface area contributed by atoms with Crippen molar-refractivity contribution in [2.45, 2.75) is 33.1 Å². The van der Waals surface area contributed by atoms with E-state index in [0.29, 0.717) is 0 Å². The van der Waals surface area contributed by atoms with Crippen molar-refractivity contribution in [3.05, 3.63) is 30.0 Å². The molecule has 0 saturated heterocycles. The molecule has 3 nitrogen and oxygen atoms in total. The largest absolute Gasteiger partial charge is 0.300 e. The zero-order valence-electron chi connectivity index (χ0n) is 9.07. The molecule has 0 radical (unpaired) electrons. The van der Waals surface area contributed by atoms with E-state index in [2.05, 4.69) is 35.1 Å². The first-order valence-electron chi connectivity index (χ1n) is 4.79. The van der Waals surface area contributed by atoms with Crippen LogP contribution in [0.4, 0.5) is 0 Å². The first-order valence-corrected chi connectivity index (χ1v) is 4.79. The summed E-state index contributed by atoms with van der Waals surface area (Å²) in [5.74, 6) is 0. The van der Waals surface area contributed by atoms with Crippen LogP contribution in [-0.4, -0.2) is 14.4 Å². The normalized spacial score (nSPS) is 12.3. The first-order chi connectivity index (χ1) is 6.50. The number of hydrogen-bond donors (Lipinski definition) is 0. The third-order valence-electron chi connectivity index (χ3n) is 2.31. The Balaban J connectivity index is 2.81. The number of hydrogen-bond acceptors (Lipinski definition) is 2. The van der Waals surface area contributed by atoms with Gasteiger partial charge in [0.15, 0.2) is 5.65 Å². The van der Waals surface area contributed by atoms with Gasteiger partial charge >= 0.3 is 0 Å². The molecule has 2 aromatic rings.